The lowest BCUT2D eigenvalue weighted by Gasteiger charge is -2.07. The maximum absolute atomic E-state index is 11.2. The molecule has 1 aromatic heterocycles. The number of anilines is 2. The van der Waals surface area contributed by atoms with Gasteiger partial charge in [0.25, 0.3) is 0 Å². The molecule has 0 atom stereocenters. The fraction of sp³-hybridized carbons (Fsp3) is 0.250. The average Bonchev–Trinajstić information content (AvgIpc) is 2.44. The molecule has 118 valence electrons. The number of nitrogens with one attached hydrogen (secondary N) is 1. The number of sulfonamides is 1. The lowest BCUT2D eigenvalue weighted by molar-refractivity contribution is 0.287. The van der Waals surface area contributed by atoms with Crippen LogP contribution >= 0.6 is 11.6 Å². The number of benzene rings is 1. The third-order valence-corrected chi connectivity index (χ3v) is 3.75. The third kappa shape index (κ3) is 4.60. The van der Waals surface area contributed by atoms with Crippen LogP contribution in [0.1, 0.15) is 12.2 Å². The van der Waals surface area contributed by atoms with E-state index in [0.717, 1.165) is 0 Å². The van der Waals surface area contributed by atoms with E-state index in [0.29, 0.717) is 24.4 Å². The third-order valence-electron chi connectivity index (χ3n) is 2.65. The van der Waals surface area contributed by atoms with Crippen molar-refractivity contribution in [2.45, 2.75) is 17.7 Å². The minimum absolute atomic E-state index is 0.00960. The highest BCUT2D eigenvalue weighted by atomic mass is 35.5. The van der Waals surface area contributed by atoms with Gasteiger partial charge in [-0.05, 0) is 42.3 Å². The summed E-state index contributed by atoms with van der Waals surface area (Å²) in [6, 6.07) is 5.80. The highest BCUT2D eigenvalue weighted by Crippen LogP contribution is 2.17. The van der Waals surface area contributed by atoms with Crippen LogP contribution in [0.2, 0.25) is 5.28 Å². The van der Waals surface area contributed by atoms with Crippen molar-refractivity contribution in [2.24, 2.45) is 5.14 Å². The van der Waals surface area contributed by atoms with Gasteiger partial charge in [0.05, 0.1) is 4.90 Å². The van der Waals surface area contributed by atoms with E-state index in [1.807, 2.05) is 0 Å². The molecule has 0 radical (unpaired) electrons. The Hall–Kier alpha value is -1.81. The number of aliphatic hydroxyl groups excluding tert-OH is 1. The first-order chi connectivity index (χ1) is 10.4. The second-order valence-corrected chi connectivity index (χ2v) is 6.27. The van der Waals surface area contributed by atoms with E-state index in [1.54, 1.807) is 0 Å². The molecular formula is C12H14ClN5O3S. The molecule has 0 aliphatic rings. The number of halogens is 1. The SMILES string of the molecule is NS(=O)(=O)c1ccc(Nc2nc(Cl)nc(CCCO)n2)cc1. The molecule has 8 nitrogen and oxygen atoms in total. The van der Waals surface area contributed by atoms with Gasteiger partial charge in [0.2, 0.25) is 21.3 Å². The zero-order chi connectivity index (χ0) is 16.2. The number of hydrogen-bond acceptors (Lipinski definition) is 7. The van der Waals surface area contributed by atoms with Crippen LogP contribution < -0.4 is 10.5 Å². The second kappa shape index (κ2) is 6.97. The van der Waals surface area contributed by atoms with E-state index in [9.17, 15) is 8.42 Å². The van der Waals surface area contributed by atoms with Gasteiger partial charge in [0, 0.05) is 18.7 Å². The number of primary sulfonamides is 1. The van der Waals surface area contributed by atoms with Crippen LogP contribution in [0.25, 0.3) is 0 Å². The van der Waals surface area contributed by atoms with Gasteiger partial charge in [0.15, 0.2) is 0 Å². The zero-order valence-corrected chi connectivity index (χ0v) is 13.0. The summed E-state index contributed by atoms with van der Waals surface area (Å²) < 4.78 is 22.4. The average molecular weight is 344 g/mol. The Morgan fingerprint density at radius 1 is 1.18 bits per heavy atom. The summed E-state index contributed by atoms with van der Waals surface area (Å²) in [6.07, 6.45) is 0.987. The Kier molecular flexibility index (Phi) is 5.24. The number of nitrogens with zero attached hydrogens (tertiary/aromatic N) is 3. The summed E-state index contributed by atoms with van der Waals surface area (Å²) >= 11 is 5.82. The normalized spacial score (nSPS) is 11.4. The van der Waals surface area contributed by atoms with E-state index in [2.05, 4.69) is 20.3 Å². The first-order valence-electron chi connectivity index (χ1n) is 6.29. The molecule has 0 spiro atoms. The van der Waals surface area contributed by atoms with Gasteiger partial charge in [-0.25, -0.2) is 18.5 Å². The molecule has 2 rings (SSSR count). The first-order valence-corrected chi connectivity index (χ1v) is 8.22. The maximum atomic E-state index is 11.2. The van der Waals surface area contributed by atoms with Gasteiger partial charge in [0.1, 0.15) is 5.82 Å². The molecule has 4 N–H and O–H groups in total. The fourth-order valence-electron chi connectivity index (χ4n) is 1.65. The molecule has 10 heteroatoms. The van der Waals surface area contributed by atoms with Crippen molar-refractivity contribution >= 4 is 33.3 Å². The molecule has 0 saturated heterocycles. The minimum Gasteiger partial charge on any atom is -0.396 e. The number of aliphatic hydroxyl groups is 1. The van der Waals surface area contributed by atoms with Crippen molar-refractivity contribution in [3.63, 3.8) is 0 Å². The highest BCUT2D eigenvalue weighted by Gasteiger charge is 2.08. The molecule has 0 fully saturated rings. The van der Waals surface area contributed by atoms with Crippen molar-refractivity contribution in [1.29, 1.82) is 0 Å². The molecule has 0 aliphatic carbocycles. The van der Waals surface area contributed by atoms with Gasteiger partial charge in [-0.1, -0.05) is 0 Å². The molecule has 0 unspecified atom stereocenters. The lowest BCUT2D eigenvalue weighted by atomic mass is 10.3. The number of rotatable bonds is 6. The second-order valence-electron chi connectivity index (χ2n) is 4.37. The summed E-state index contributed by atoms with van der Waals surface area (Å²) in [5.74, 6) is 0.689. The summed E-state index contributed by atoms with van der Waals surface area (Å²) in [5.41, 5.74) is 0.572. The van der Waals surface area contributed by atoms with E-state index in [1.165, 1.54) is 24.3 Å². The van der Waals surface area contributed by atoms with Crippen LogP contribution in [-0.2, 0) is 16.4 Å². The van der Waals surface area contributed by atoms with Crippen LogP contribution in [-0.4, -0.2) is 35.1 Å². The first kappa shape index (κ1) is 16.6. The molecule has 2 aromatic rings. The lowest BCUT2D eigenvalue weighted by Crippen LogP contribution is -2.12. The Balaban J connectivity index is 2.18. The van der Waals surface area contributed by atoms with Crippen LogP contribution in [0.15, 0.2) is 29.2 Å². The Labute approximate surface area is 132 Å². The van der Waals surface area contributed by atoms with Crippen LogP contribution in [0.4, 0.5) is 11.6 Å². The topological polar surface area (TPSA) is 131 Å². The molecule has 22 heavy (non-hydrogen) atoms. The summed E-state index contributed by atoms with van der Waals surface area (Å²) in [4.78, 5) is 12.1. The van der Waals surface area contributed by atoms with Crippen LogP contribution in [0.5, 0.6) is 0 Å². The predicted octanol–water partition coefficient (Wildman–Crippen LogP) is 0.841. The van der Waals surface area contributed by atoms with Crippen molar-refractivity contribution in [3.05, 3.63) is 35.4 Å². The molecule has 0 saturated carbocycles. The quantitative estimate of drug-likeness (QED) is 0.708. The Bertz CT molecular complexity index is 752. The van der Waals surface area contributed by atoms with Gasteiger partial charge in [-0.15, -0.1) is 0 Å². The molecular weight excluding hydrogens is 330 g/mol. The number of aromatic nitrogens is 3. The van der Waals surface area contributed by atoms with Crippen molar-refractivity contribution in [3.8, 4) is 0 Å². The van der Waals surface area contributed by atoms with Gasteiger partial charge in [-0.2, -0.15) is 9.97 Å². The number of aryl methyl sites for hydroxylation is 1. The molecule has 1 heterocycles. The standard InChI is InChI=1S/C12H14ClN5O3S/c13-11-16-10(2-1-7-19)17-12(18-11)15-8-3-5-9(6-4-8)22(14,20)21/h3-6,19H,1-2,7H2,(H2,14,20,21)(H,15,16,17,18). The van der Waals surface area contributed by atoms with Crippen LogP contribution in [0, 0.1) is 0 Å². The minimum atomic E-state index is -3.73. The highest BCUT2D eigenvalue weighted by molar-refractivity contribution is 7.89. The Morgan fingerprint density at radius 3 is 2.45 bits per heavy atom. The Morgan fingerprint density at radius 2 is 1.86 bits per heavy atom. The molecule has 0 amide bonds. The summed E-state index contributed by atoms with van der Waals surface area (Å²) in [7, 11) is -3.73. The largest absolute Gasteiger partial charge is 0.396 e. The smallest absolute Gasteiger partial charge is 0.238 e. The van der Waals surface area contributed by atoms with Crippen molar-refractivity contribution < 1.29 is 13.5 Å². The van der Waals surface area contributed by atoms with Crippen molar-refractivity contribution in [2.75, 3.05) is 11.9 Å². The molecule has 0 aliphatic heterocycles. The van der Waals surface area contributed by atoms with Gasteiger partial charge >= 0.3 is 0 Å². The fourth-order valence-corrected chi connectivity index (χ4v) is 2.35. The maximum Gasteiger partial charge on any atom is 0.238 e. The predicted molar refractivity (Wildman–Crippen MR) is 81.3 cm³/mol. The summed E-state index contributed by atoms with van der Waals surface area (Å²) in [6.45, 7) is 0.0289. The van der Waals surface area contributed by atoms with E-state index in [4.69, 9.17) is 21.8 Å². The van der Waals surface area contributed by atoms with Crippen LogP contribution in [0.3, 0.4) is 0 Å². The van der Waals surface area contributed by atoms with Gasteiger partial charge in [-0.3, -0.25) is 0 Å². The van der Waals surface area contributed by atoms with E-state index >= 15 is 0 Å². The van der Waals surface area contributed by atoms with Gasteiger partial charge < -0.3 is 10.4 Å². The molecule has 0 bridgehead atoms. The summed E-state index contributed by atoms with van der Waals surface area (Å²) in [5, 5.41) is 16.8. The molecule has 1 aromatic carbocycles. The zero-order valence-electron chi connectivity index (χ0n) is 11.4. The number of hydrogen-bond donors (Lipinski definition) is 3. The van der Waals surface area contributed by atoms with E-state index in [-0.39, 0.29) is 22.7 Å². The monoisotopic (exact) mass is 343 g/mol. The van der Waals surface area contributed by atoms with Crippen molar-refractivity contribution in [1.82, 2.24) is 15.0 Å². The van der Waals surface area contributed by atoms with E-state index < -0.39 is 10.0 Å². The number of nitrogens with two attached hydrogens (primary N) is 1.